The molecule has 1 amide bonds. The van der Waals surface area contributed by atoms with Gasteiger partial charge in [0.25, 0.3) is 0 Å². The number of nitrogens with one attached hydrogen (secondary N) is 2. The van der Waals surface area contributed by atoms with Crippen LogP contribution in [0.2, 0.25) is 0 Å². The summed E-state index contributed by atoms with van der Waals surface area (Å²) in [6.07, 6.45) is 8.81. The number of carbonyl (C=O) groups is 1. The topological polar surface area (TPSA) is 41.1 Å². The third kappa shape index (κ3) is 2.67. The Bertz CT molecular complexity index is 304. The van der Waals surface area contributed by atoms with Crippen LogP contribution in [0.5, 0.6) is 0 Å². The molecule has 0 radical (unpaired) electrons. The smallest absolute Gasteiger partial charge is 0.226 e. The van der Waals surface area contributed by atoms with Crippen molar-refractivity contribution in [2.45, 2.75) is 51.9 Å². The SMILES string of the molecule is CCNCCCNC(=O)C12CC3CC(CC(C3)C1)C2. The number of carbonyl (C=O) groups excluding carboxylic acids is 1. The van der Waals surface area contributed by atoms with Gasteiger partial charge in [0.1, 0.15) is 0 Å². The minimum atomic E-state index is 0.0347. The van der Waals surface area contributed by atoms with Crippen molar-refractivity contribution in [2.24, 2.45) is 23.2 Å². The van der Waals surface area contributed by atoms with Crippen molar-refractivity contribution < 1.29 is 4.79 Å². The van der Waals surface area contributed by atoms with Crippen molar-refractivity contribution in [3.8, 4) is 0 Å². The van der Waals surface area contributed by atoms with Gasteiger partial charge in [-0.15, -0.1) is 0 Å². The van der Waals surface area contributed by atoms with Crippen LogP contribution in [0.15, 0.2) is 0 Å². The Hall–Kier alpha value is -0.570. The van der Waals surface area contributed by atoms with Crippen LogP contribution in [-0.2, 0) is 4.79 Å². The molecule has 4 fully saturated rings. The molecule has 4 rings (SSSR count). The lowest BCUT2D eigenvalue weighted by molar-refractivity contribution is -0.146. The summed E-state index contributed by atoms with van der Waals surface area (Å²) in [6, 6.07) is 0. The second kappa shape index (κ2) is 5.43. The Morgan fingerprint density at radius 3 is 2.16 bits per heavy atom. The zero-order valence-electron chi connectivity index (χ0n) is 12.2. The summed E-state index contributed by atoms with van der Waals surface area (Å²) >= 11 is 0. The molecule has 4 aliphatic rings. The zero-order valence-corrected chi connectivity index (χ0v) is 12.2. The van der Waals surface area contributed by atoms with E-state index in [1.165, 1.54) is 38.5 Å². The van der Waals surface area contributed by atoms with Crippen molar-refractivity contribution >= 4 is 5.91 Å². The van der Waals surface area contributed by atoms with Gasteiger partial charge in [-0.3, -0.25) is 4.79 Å². The van der Waals surface area contributed by atoms with Gasteiger partial charge >= 0.3 is 0 Å². The lowest BCUT2D eigenvalue weighted by atomic mass is 9.49. The van der Waals surface area contributed by atoms with Crippen molar-refractivity contribution in [3.05, 3.63) is 0 Å². The van der Waals surface area contributed by atoms with Gasteiger partial charge in [0.05, 0.1) is 0 Å². The Morgan fingerprint density at radius 1 is 1.05 bits per heavy atom. The number of hydrogen-bond acceptors (Lipinski definition) is 2. The highest BCUT2D eigenvalue weighted by Gasteiger charge is 2.54. The first-order valence-corrected chi connectivity index (χ1v) is 8.21. The summed E-state index contributed by atoms with van der Waals surface area (Å²) < 4.78 is 0. The van der Waals surface area contributed by atoms with E-state index in [1.54, 1.807) is 0 Å². The van der Waals surface area contributed by atoms with E-state index in [0.717, 1.165) is 43.8 Å². The molecule has 0 unspecified atom stereocenters. The van der Waals surface area contributed by atoms with Gasteiger partial charge in [0.2, 0.25) is 5.91 Å². The molecule has 0 aromatic rings. The molecule has 4 aliphatic carbocycles. The molecule has 2 N–H and O–H groups in total. The fraction of sp³-hybridized carbons (Fsp3) is 0.938. The van der Waals surface area contributed by atoms with Crippen LogP contribution in [0.1, 0.15) is 51.9 Å². The van der Waals surface area contributed by atoms with Crippen molar-refractivity contribution in [2.75, 3.05) is 19.6 Å². The summed E-state index contributed by atoms with van der Waals surface area (Å²) in [6.45, 7) is 4.99. The molecule has 3 heteroatoms. The van der Waals surface area contributed by atoms with E-state index in [1.807, 2.05) is 0 Å². The molecular weight excluding hydrogens is 236 g/mol. The highest BCUT2D eigenvalue weighted by molar-refractivity contribution is 5.83. The van der Waals surface area contributed by atoms with Gasteiger partial charge in [0.15, 0.2) is 0 Å². The molecule has 108 valence electrons. The standard InChI is InChI=1S/C16H28N2O/c1-2-17-4-3-5-18-15(19)16-9-12-6-13(10-16)8-14(7-12)11-16/h12-14,17H,2-11H2,1H3,(H,18,19). The molecule has 0 aliphatic heterocycles. The molecule has 0 heterocycles. The highest BCUT2D eigenvalue weighted by Crippen LogP contribution is 2.60. The van der Waals surface area contributed by atoms with Crippen LogP contribution < -0.4 is 10.6 Å². The zero-order chi connectivity index (χ0) is 13.3. The van der Waals surface area contributed by atoms with Crippen molar-refractivity contribution in [1.29, 1.82) is 0 Å². The monoisotopic (exact) mass is 264 g/mol. The molecule has 0 saturated heterocycles. The lowest BCUT2D eigenvalue weighted by Crippen LogP contribution is -2.53. The summed E-state index contributed by atoms with van der Waals surface area (Å²) in [5, 5.41) is 6.53. The fourth-order valence-electron chi connectivity index (χ4n) is 5.17. The van der Waals surface area contributed by atoms with Crippen LogP contribution in [0.4, 0.5) is 0 Å². The van der Waals surface area contributed by atoms with Gasteiger partial charge < -0.3 is 10.6 Å². The maximum absolute atomic E-state index is 12.6. The molecule has 4 saturated carbocycles. The second-order valence-electron chi connectivity index (χ2n) is 7.16. The molecule has 19 heavy (non-hydrogen) atoms. The first-order chi connectivity index (χ1) is 9.22. The largest absolute Gasteiger partial charge is 0.356 e. The van der Waals surface area contributed by atoms with Gasteiger partial charge in [-0.2, -0.15) is 0 Å². The average molecular weight is 264 g/mol. The van der Waals surface area contributed by atoms with Gasteiger partial charge in [-0.05, 0) is 75.8 Å². The van der Waals surface area contributed by atoms with Crippen LogP contribution >= 0.6 is 0 Å². The molecular formula is C16H28N2O. The van der Waals surface area contributed by atoms with Crippen LogP contribution in [0, 0.1) is 23.2 Å². The third-order valence-corrected chi connectivity index (χ3v) is 5.59. The van der Waals surface area contributed by atoms with Crippen LogP contribution in [0.3, 0.4) is 0 Å². The van der Waals surface area contributed by atoms with E-state index in [9.17, 15) is 4.79 Å². The van der Waals surface area contributed by atoms with E-state index in [2.05, 4.69) is 17.6 Å². The number of rotatable bonds is 6. The molecule has 4 bridgehead atoms. The lowest BCUT2D eigenvalue weighted by Gasteiger charge is -2.55. The Balaban J connectivity index is 1.52. The minimum absolute atomic E-state index is 0.0347. The van der Waals surface area contributed by atoms with Gasteiger partial charge in [-0.25, -0.2) is 0 Å². The van der Waals surface area contributed by atoms with E-state index >= 15 is 0 Å². The van der Waals surface area contributed by atoms with Crippen molar-refractivity contribution in [3.63, 3.8) is 0 Å². The fourth-order valence-corrected chi connectivity index (χ4v) is 5.17. The molecule has 0 aromatic carbocycles. The third-order valence-electron chi connectivity index (χ3n) is 5.59. The van der Waals surface area contributed by atoms with E-state index in [4.69, 9.17) is 0 Å². The minimum Gasteiger partial charge on any atom is -0.356 e. The highest BCUT2D eigenvalue weighted by atomic mass is 16.2. The van der Waals surface area contributed by atoms with Crippen LogP contribution in [-0.4, -0.2) is 25.5 Å². The van der Waals surface area contributed by atoms with Gasteiger partial charge in [0, 0.05) is 12.0 Å². The first-order valence-electron chi connectivity index (χ1n) is 8.21. The average Bonchev–Trinajstić information content (AvgIpc) is 2.36. The van der Waals surface area contributed by atoms with Crippen LogP contribution in [0.25, 0.3) is 0 Å². The maximum atomic E-state index is 12.6. The molecule has 0 aromatic heterocycles. The molecule has 0 atom stereocenters. The van der Waals surface area contributed by atoms with E-state index < -0.39 is 0 Å². The summed E-state index contributed by atoms with van der Waals surface area (Å²) in [7, 11) is 0. The summed E-state index contributed by atoms with van der Waals surface area (Å²) in [5.41, 5.74) is 0.0347. The normalized spacial score (nSPS) is 39.5. The maximum Gasteiger partial charge on any atom is 0.226 e. The second-order valence-corrected chi connectivity index (χ2v) is 7.16. The predicted octanol–water partition coefficient (Wildman–Crippen LogP) is 2.32. The number of hydrogen-bond donors (Lipinski definition) is 2. The van der Waals surface area contributed by atoms with Crippen molar-refractivity contribution in [1.82, 2.24) is 10.6 Å². The summed E-state index contributed by atoms with van der Waals surface area (Å²) in [5.74, 6) is 2.96. The van der Waals surface area contributed by atoms with E-state index in [-0.39, 0.29) is 5.41 Å². The Labute approximate surface area is 116 Å². The van der Waals surface area contributed by atoms with Gasteiger partial charge in [-0.1, -0.05) is 6.92 Å². The summed E-state index contributed by atoms with van der Waals surface area (Å²) in [4.78, 5) is 12.6. The first kappa shape index (κ1) is 13.4. The molecule has 3 nitrogen and oxygen atoms in total. The number of amides is 1. The van der Waals surface area contributed by atoms with E-state index in [0.29, 0.717) is 5.91 Å². The molecule has 0 spiro atoms. The quantitative estimate of drug-likeness (QED) is 0.723. The Morgan fingerprint density at radius 2 is 1.63 bits per heavy atom. The Kier molecular flexibility index (Phi) is 3.84. The predicted molar refractivity (Wildman–Crippen MR) is 76.8 cm³/mol.